The number of nitrogens with one attached hydrogen (secondary N) is 2. The second-order valence-electron chi connectivity index (χ2n) is 5.66. The summed E-state index contributed by atoms with van der Waals surface area (Å²) in [6.07, 6.45) is 4.26. The molecule has 0 aromatic carbocycles. The molecule has 0 atom stereocenters. The Bertz CT molecular complexity index is 606. The van der Waals surface area contributed by atoms with E-state index in [1.165, 1.54) is 6.33 Å². The predicted octanol–water partition coefficient (Wildman–Crippen LogP) is 2.67. The normalized spacial score (nSPS) is 11.0. The molecule has 0 saturated carbocycles. The lowest BCUT2D eigenvalue weighted by Gasteiger charge is -2.19. The molecule has 2 N–H and O–H groups in total. The summed E-state index contributed by atoms with van der Waals surface area (Å²) in [5, 5.41) is 5.78. The molecule has 0 radical (unpaired) electrons. The van der Waals surface area contributed by atoms with Crippen molar-refractivity contribution in [2.45, 2.75) is 26.4 Å². The van der Waals surface area contributed by atoms with Crippen molar-refractivity contribution in [3.05, 3.63) is 31.0 Å². The molecule has 2 aromatic rings. The zero-order valence-electron chi connectivity index (χ0n) is 12.9. The number of anilines is 1. The summed E-state index contributed by atoms with van der Waals surface area (Å²) in [7, 11) is 0. The number of nitrogens with zero attached hydrogens (tertiary/aromatic N) is 2. The van der Waals surface area contributed by atoms with Crippen molar-refractivity contribution in [1.82, 2.24) is 15.3 Å². The van der Waals surface area contributed by atoms with Crippen LogP contribution in [0.1, 0.15) is 20.8 Å². The van der Waals surface area contributed by atoms with Crippen molar-refractivity contribution < 1.29 is 13.9 Å². The SMILES string of the molecule is CC(C)(C)OC(=O)NCCNc1cc(-c2ccoc2)ncn1. The highest BCUT2D eigenvalue weighted by Crippen LogP contribution is 2.18. The maximum atomic E-state index is 11.5. The lowest BCUT2D eigenvalue weighted by Crippen LogP contribution is -2.35. The number of alkyl carbamates (subject to hydrolysis) is 1. The van der Waals surface area contributed by atoms with Gasteiger partial charge in [0.05, 0.1) is 18.2 Å². The zero-order valence-corrected chi connectivity index (χ0v) is 12.9. The number of carbonyl (C=O) groups excluding carboxylic acids is 1. The highest BCUT2D eigenvalue weighted by molar-refractivity contribution is 5.67. The first-order chi connectivity index (χ1) is 10.4. The minimum atomic E-state index is -0.496. The molecule has 118 valence electrons. The fourth-order valence-electron chi connectivity index (χ4n) is 1.69. The lowest BCUT2D eigenvalue weighted by atomic mass is 10.2. The monoisotopic (exact) mass is 304 g/mol. The molecular weight excluding hydrogens is 284 g/mol. The van der Waals surface area contributed by atoms with E-state index in [0.717, 1.165) is 11.3 Å². The van der Waals surface area contributed by atoms with E-state index >= 15 is 0 Å². The van der Waals surface area contributed by atoms with Gasteiger partial charge in [-0.2, -0.15) is 0 Å². The molecule has 2 rings (SSSR count). The van der Waals surface area contributed by atoms with Crippen molar-refractivity contribution in [3.63, 3.8) is 0 Å². The quantitative estimate of drug-likeness (QED) is 0.825. The van der Waals surface area contributed by atoms with Gasteiger partial charge in [-0.1, -0.05) is 0 Å². The first kappa shape index (κ1) is 15.8. The highest BCUT2D eigenvalue weighted by atomic mass is 16.6. The van der Waals surface area contributed by atoms with Gasteiger partial charge in [-0.3, -0.25) is 0 Å². The van der Waals surface area contributed by atoms with Gasteiger partial charge in [0.25, 0.3) is 0 Å². The Morgan fingerprint density at radius 3 is 2.82 bits per heavy atom. The summed E-state index contributed by atoms with van der Waals surface area (Å²) in [5.74, 6) is 0.678. The van der Waals surface area contributed by atoms with Gasteiger partial charge in [-0.25, -0.2) is 14.8 Å². The molecule has 0 aliphatic heterocycles. The molecule has 22 heavy (non-hydrogen) atoms. The largest absolute Gasteiger partial charge is 0.472 e. The molecule has 7 nitrogen and oxygen atoms in total. The Morgan fingerprint density at radius 2 is 2.14 bits per heavy atom. The summed E-state index contributed by atoms with van der Waals surface area (Å²) in [4.78, 5) is 19.8. The van der Waals surface area contributed by atoms with Gasteiger partial charge in [-0.15, -0.1) is 0 Å². The van der Waals surface area contributed by atoms with Crippen LogP contribution in [0.3, 0.4) is 0 Å². The van der Waals surface area contributed by atoms with Gasteiger partial charge in [0.1, 0.15) is 17.7 Å². The number of hydrogen-bond donors (Lipinski definition) is 2. The minimum Gasteiger partial charge on any atom is -0.472 e. The van der Waals surface area contributed by atoms with E-state index in [-0.39, 0.29) is 0 Å². The Labute approximate surface area is 129 Å². The molecule has 0 spiro atoms. The van der Waals surface area contributed by atoms with E-state index in [1.807, 2.05) is 32.9 Å². The second-order valence-corrected chi connectivity index (χ2v) is 5.66. The average molecular weight is 304 g/mol. The fourth-order valence-corrected chi connectivity index (χ4v) is 1.69. The molecule has 0 saturated heterocycles. The van der Waals surface area contributed by atoms with E-state index in [0.29, 0.717) is 18.9 Å². The van der Waals surface area contributed by atoms with Gasteiger partial charge in [0.15, 0.2) is 0 Å². The Kier molecular flexibility index (Phi) is 4.98. The van der Waals surface area contributed by atoms with Crippen LogP contribution in [0.5, 0.6) is 0 Å². The summed E-state index contributed by atoms with van der Waals surface area (Å²) in [6, 6.07) is 3.65. The number of carbonyl (C=O) groups is 1. The van der Waals surface area contributed by atoms with E-state index < -0.39 is 11.7 Å². The number of amides is 1. The van der Waals surface area contributed by atoms with Crippen LogP contribution in [-0.2, 0) is 4.74 Å². The van der Waals surface area contributed by atoms with Crippen LogP contribution in [0.4, 0.5) is 10.6 Å². The summed E-state index contributed by atoms with van der Waals surface area (Å²) in [6.45, 7) is 6.43. The third kappa shape index (κ3) is 5.08. The molecule has 0 unspecified atom stereocenters. The fraction of sp³-hybridized carbons (Fsp3) is 0.400. The number of ether oxygens (including phenoxy) is 1. The Hall–Kier alpha value is -2.57. The predicted molar refractivity (Wildman–Crippen MR) is 82.5 cm³/mol. The van der Waals surface area contributed by atoms with Gasteiger partial charge in [0.2, 0.25) is 0 Å². The number of hydrogen-bond acceptors (Lipinski definition) is 6. The number of aromatic nitrogens is 2. The van der Waals surface area contributed by atoms with Crippen LogP contribution < -0.4 is 10.6 Å². The third-order valence-corrected chi connectivity index (χ3v) is 2.58. The molecule has 0 bridgehead atoms. The van der Waals surface area contributed by atoms with E-state index in [4.69, 9.17) is 9.15 Å². The number of furan rings is 1. The molecule has 7 heteroatoms. The van der Waals surface area contributed by atoms with Crippen molar-refractivity contribution in [3.8, 4) is 11.3 Å². The van der Waals surface area contributed by atoms with Crippen LogP contribution in [0, 0.1) is 0 Å². The molecule has 0 fully saturated rings. The van der Waals surface area contributed by atoms with Gasteiger partial charge in [-0.05, 0) is 26.8 Å². The lowest BCUT2D eigenvalue weighted by molar-refractivity contribution is 0.0530. The molecule has 2 aromatic heterocycles. The van der Waals surface area contributed by atoms with E-state index in [9.17, 15) is 4.79 Å². The second kappa shape index (κ2) is 6.93. The topological polar surface area (TPSA) is 89.3 Å². The maximum absolute atomic E-state index is 11.5. The summed E-state index contributed by atoms with van der Waals surface area (Å²) < 4.78 is 10.2. The average Bonchev–Trinajstić information content (AvgIpc) is 2.96. The van der Waals surface area contributed by atoms with Crippen LogP contribution in [0.2, 0.25) is 0 Å². The van der Waals surface area contributed by atoms with E-state index in [2.05, 4.69) is 20.6 Å². The van der Waals surface area contributed by atoms with Crippen LogP contribution in [-0.4, -0.2) is 34.8 Å². The first-order valence-electron chi connectivity index (χ1n) is 6.99. The zero-order chi connectivity index (χ0) is 16.0. The number of rotatable bonds is 5. The van der Waals surface area contributed by atoms with Gasteiger partial charge >= 0.3 is 6.09 Å². The molecular formula is C15H20N4O3. The van der Waals surface area contributed by atoms with Crippen LogP contribution >= 0.6 is 0 Å². The maximum Gasteiger partial charge on any atom is 0.407 e. The minimum absolute atomic E-state index is 0.431. The van der Waals surface area contributed by atoms with Crippen molar-refractivity contribution >= 4 is 11.9 Å². The summed E-state index contributed by atoms with van der Waals surface area (Å²) in [5.41, 5.74) is 1.16. The molecule has 0 aliphatic carbocycles. The van der Waals surface area contributed by atoms with Crippen LogP contribution in [0.25, 0.3) is 11.3 Å². The van der Waals surface area contributed by atoms with Crippen molar-refractivity contribution in [1.29, 1.82) is 0 Å². The van der Waals surface area contributed by atoms with Crippen molar-refractivity contribution in [2.24, 2.45) is 0 Å². The smallest absolute Gasteiger partial charge is 0.407 e. The molecule has 0 aliphatic rings. The molecule has 2 heterocycles. The van der Waals surface area contributed by atoms with Crippen molar-refractivity contribution in [2.75, 3.05) is 18.4 Å². The van der Waals surface area contributed by atoms with Gasteiger partial charge in [0, 0.05) is 24.7 Å². The first-order valence-corrected chi connectivity index (χ1v) is 6.99. The Morgan fingerprint density at radius 1 is 1.32 bits per heavy atom. The van der Waals surface area contributed by atoms with Crippen LogP contribution in [0.15, 0.2) is 35.4 Å². The molecule has 1 amide bonds. The van der Waals surface area contributed by atoms with E-state index in [1.54, 1.807) is 12.5 Å². The van der Waals surface area contributed by atoms with Gasteiger partial charge < -0.3 is 19.8 Å². The standard InChI is InChI=1S/C15H20N4O3/c1-15(2,3)22-14(20)17-6-5-16-13-8-12(18-10-19-13)11-4-7-21-9-11/h4,7-10H,5-6H2,1-3H3,(H,17,20)(H,16,18,19). The Balaban J connectivity index is 1.78. The third-order valence-electron chi connectivity index (χ3n) is 2.58. The highest BCUT2D eigenvalue weighted by Gasteiger charge is 2.15. The summed E-state index contributed by atoms with van der Waals surface area (Å²) >= 11 is 0.